The topological polar surface area (TPSA) is 79.3 Å². The van der Waals surface area contributed by atoms with Crippen molar-refractivity contribution in [3.05, 3.63) is 102 Å². The minimum absolute atomic E-state index is 0.227. The SMILES string of the molecule is COc1ccc([C@H]2CC(c3ccccc3)=NN2C(=O)CN2c3cccc4cccc(c34)S2(=O)=O)cc1. The molecule has 0 aromatic heterocycles. The molecule has 1 atom stereocenters. The maximum atomic E-state index is 13.7. The Kier molecular flexibility index (Phi) is 5.26. The first-order valence-corrected chi connectivity index (χ1v) is 13.0. The molecule has 0 fully saturated rings. The van der Waals surface area contributed by atoms with Crippen molar-refractivity contribution >= 4 is 38.1 Å². The van der Waals surface area contributed by atoms with E-state index in [-0.39, 0.29) is 17.5 Å². The van der Waals surface area contributed by atoms with E-state index in [0.29, 0.717) is 23.2 Å². The van der Waals surface area contributed by atoms with E-state index in [2.05, 4.69) is 0 Å². The molecule has 2 aliphatic rings. The van der Waals surface area contributed by atoms with E-state index in [0.717, 1.165) is 22.2 Å². The van der Waals surface area contributed by atoms with Crippen LogP contribution in [0.15, 0.2) is 101 Å². The lowest BCUT2D eigenvalue weighted by molar-refractivity contribution is -0.131. The van der Waals surface area contributed by atoms with E-state index >= 15 is 0 Å². The molecule has 2 heterocycles. The Morgan fingerprint density at radius 2 is 1.67 bits per heavy atom. The molecule has 0 spiro atoms. The standard InChI is InChI=1S/C28H23N3O4S/c1-35-22-15-13-20(14-16-22)25-17-23(19-7-3-2-4-8-19)29-31(25)27(32)18-30-24-11-5-9-21-10-6-12-26(28(21)24)36(30,33)34/h2-16,25H,17-18H2,1H3/t25-/m1/s1. The lowest BCUT2D eigenvalue weighted by atomic mass is 9.98. The van der Waals surface area contributed by atoms with Crippen molar-refractivity contribution in [1.29, 1.82) is 0 Å². The summed E-state index contributed by atoms with van der Waals surface area (Å²) in [4.78, 5) is 14.0. The number of amides is 1. The van der Waals surface area contributed by atoms with Gasteiger partial charge in [-0.15, -0.1) is 0 Å². The second-order valence-corrected chi connectivity index (χ2v) is 10.6. The van der Waals surface area contributed by atoms with Crippen LogP contribution < -0.4 is 9.04 Å². The number of nitrogens with zero attached hydrogens (tertiary/aromatic N) is 3. The van der Waals surface area contributed by atoms with Crippen LogP contribution in [-0.4, -0.2) is 38.7 Å². The Morgan fingerprint density at radius 3 is 2.39 bits per heavy atom. The number of methoxy groups -OCH3 is 1. The van der Waals surface area contributed by atoms with E-state index in [1.165, 1.54) is 9.31 Å². The molecule has 0 unspecified atom stereocenters. The molecule has 0 aliphatic carbocycles. The molecule has 0 saturated heterocycles. The molecular formula is C28H23N3O4S. The smallest absolute Gasteiger partial charge is 0.265 e. The molecule has 1 amide bonds. The lowest BCUT2D eigenvalue weighted by Gasteiger charge is -2.25. The number of hydrazone groups is 1. The summed E-state index contributed by atoms with van der Waals surface area (Å²) in [7, 11) is -2.26. The van der Waals surface area contributed by atoms with Gasteiger partial charge in [-0.05, 0) is 40.8 Å². The summed E-state index contributed by atoms with van der Waals surface area (Å²) < 4.78 is 33.3. The van der Waals surface area contributed by atoms with Gasteiger partial charge in [0.2, 0.25) is 0 Å². The van der Waals surface area contributed by atoms with Crippen molar-refractivity contribution in [2.24, 2.45) is 5.10 Å². The maximum absolute atomic E-state index is 13.7. The predicted octanol–water partition coefficient (Wildman–Crippen LogP) is 4.74. The van der Waals surface area contributed by atoms with Crippen molar-refractivity contribution in [3.63, 3.8) is 0 Å². The van der Waals surface area contributed by atoms with Gasteiger partial charge in [0.15, 0.2) is 0 Å². The summed E-state index contributed by atoms with van der Waals surface area (Å²) in [6.07, 6.45) is 0.518. The average Bonchev–Trinajstić information content (AvgIpc) is 3.45. The molecule has 4 aromatic rings. The number of hydrogen-bond acceptors (Lipinski definition) is 5. The van der Waals surface area contributed by atoms with Gasteiger partial charge in [-0.25, -0.2) is 13.4 Å². The summed E-state index contributed by atoms with van der Waals surface area (Å²) in [6.45, 7) is -0.339. The van der Waals surface area contributed by atoms with Crippen molar-refractivity contribution in [1.82, 2.24) is 5.01 Å². The van der Waals surface area contributed by atoms with Crippen molar-refractivity contribution in [2.45, 2.75) is 17.4 Å². The van der Waals surface area contributed by atoms with Crippen molar-refractivity contribution < 1.29 is 17.9 Å². The van der Waals surface area contributed by atoms with Gasteiger partial charge < -0.3 is 4.74 Å². The minimum Gasteiger partial charge on any atom is -0.497 e. The van der Waals surface area contributed by atoms with E-state index < -0.39 is 15.9 Å². The summed E-state index contributed by atoms with van der Waals surface area (Å²) in [5.41, 5.74) is 3.12. The number of carbonyl (C=O) groups excluding carboxylic acids is 1. The van der Waals surface area contributed by atoms with Crippen molar-refractivity contribution in [3.8, 4) is 5.75 Å². The molecule has 4 aromatic carbocycles. The van der Waals surface area contributed by atoms with Crippen LogP contribution in [0.3, 0.4) is 0 Å². The predicted molar refractivity (Wildman–Crippen MR) is 139 cm³/mol. The molecule has 0 radical (unpaired) electrons. The van der Waals surface area contributed by atoms with Gasteiger partial charge in [0.25, 0.3) is 15.9 Å². The van der Waals surface area contributed by atoms with Gasteiger partial charge in [-0.2, -0.15) is 5.10 Å². The van der Waals surface area contributed by atoms with Crippen LogP contribution in [0, 0.1) is 0 Å². The van der Waals surface area contributed by atoms with Gasteiger partial charge in [-0.3, -0.25) is 9.10 Å². The summed E-state index contributed by atoms with van der Waals surface area (Å²) in [5, 5.41) is 7.60. The largest absolute Gasteiger partial charge is 0.497 e. The monoisotopic (exact) mass is 497 g/mol. The normalized spacial score (nSPS) is 17.9. The Labute approximate surface area is 209 Å². The molecule has 8 heteroatoms. The summed E-state index contributed by atoms with van der Waals surface area (Å²) >= 11 is 0. The highest BCUT2D eigenvalue weighted by Gasteiger charge is 2.40. The third-order valence-electron chi connectivity index (χ3n) is 6.73. The molecule has 36 heavy (non-hydrogen) atoms. The lowest BCUT2D eigenvalue weighted by Crippen LogP contribution is -2.39. The van der Waals surface area contributed by atoms with Crippen LogP contribution in [0.1, 0.15) is 23.6 Å². The first kappa shape index (κ1) is 22.3. The summed E-state index contributed by atoms with van der Waals surface area (Å²) in [5.74, 6) is 0.322. The first-order valence-electron chi connectivity index (χ1n) is 11.6. The van der Waals surface area contributed by atoms with Crippen LogP contribution in [0.5, 0.6) is 5.75 Å². The molecule has 0 saturated carbocycles. The Hall–Kier alpha value is -4.17. The van der Waals surface area contributed by atoms with Crippen LogP contribution >= 0.6 is 0 Å². The molecule has 0 bridgehead atoms. The molecule has 180 valence electrons. The highest BCUT2D eigenvalue weighted by atomic mass is 32.2. The van der Waals surface area contributed by atoms with Crippen LogP contribution in [0.2, 0.25) is 0 Å². The van der Waals surface area contributed by atoms with Gasteiger partial charge in [0, 0.05) is 11.8 Å². The Bertz CT molecular complexity index is 1610. The molecule has 7 nitrogen and oxygen atoms in total. The number of carbonyl (C=O) groups is 1. The third-order valence-corrected chi connectivity index (χ3v) is 8.54. The average molecular weight is 498 g/mol. The molecular weight excluding hydrogens is 474 g/mol. The quantitative estimate of drug-likeness (QED) is 0.399. The van der Waals surface area contributed by atoms with Gasteiger partial charge in [0.1, 0.15) is 12.3 Å². The second kappa shape index (κ2) is 8.49. The van der Waals surface area contributed by atoms with Crippen LogP contribution in [0.25, 0.3) is 10.8 Å². The highest BCUT2D eigenvalue weighted by Crippen LogP contribution is 2.42. The first-order chi connectivity index (χ1) is 17.5. The number of rotatable bonds is 5. The fourth-order valence-electron chi connectivity index (χ4n) is 4.95. The number of sulfonamides is 1. The zero-order valence-electron chi connectivity index (χ0n) is 19.5. The van der Waals surface area contributed by atoms with E-state index in [9.17, 15) is 13.2 Å². The molecule has 2 aliphatic heterocycles. The number of benzene rings is 4. The number of anilines is 1. The Balaban J connectivity index is 1.37. The van der Waals surface area contributed by atoms with Gasteiger partial charge in [-0.1, -0.05) is 66.7 Å². The highest BCUT2D eigenvalue weighted by molar-refractivity contribution is 7.93. The van der Waals surface area contributed by atoms with E-state index in [1.807, 2.05) is 66.7 Å². The Morgan fingerprint density at radius 1 is 0.944 bits per heavy atom. The van der Waals surface area contributed by atoms with Crippen LogP contribution in [-0.2, 0) is 14.8 Å². The van der Waals surface area contributed by atoms with Gasteiger partial charge in [0.05, 0.1) is 29.4 Å². The number of ether oxygens (including phenoxy) is 1. The third kappa shape index (κ3) is 3.53. The van der Waals surface area contributed by atoms with Gasteiger partial charge >= 0.3 is 0 Å². The minimum atomic E-state index is -3.86. The fourth-order valence-corrected chi connectivity index (χ4v) is 6.61. The fraction of sp³-hybridized carbons (Fsp3) is 0.143. The van der Waals surface area contributed by atoms with E-state index in [4.69, 9.17) is 9.84 Å². The zero-order chi connectivity index (χ0) is 24.9. The maximum Gasteiger partial charge on any atom is 0.265 e. The zero-order valence-corrected chi connectivity index (χ0v) is 20.4. The number of hydrogen-bond donors (Lipinski definition) is 0. The molecule has 0 N–H and O–H groups in total. The molecule has 6 rings (SSSR count). The summed E-state index contributed by atoms with van der Waals surface area (Å²) in [6, 6.07) is 27.5. The van der Waals surface area contributed by atoms with Crippen LogP contribution in [0.4, 0.5) is 5.69 Å². The van der Waals surface area contributed by atoms with E-state index in [1.54, 1.807) is 31.4 Å². The second-order valence-electron chi connectivity index (χ2n) is 8.79. The van der Waals surface area contributed by atoms with Crippen molar-refractivity contribution in [2.75, 3.05) is 18.0 Å².